The molecule has 7 heteroatoms. The number of hydrogen-bond donors (Lipinski definition) is 1. The maximum absolute atomic E-state index is 12.6. The van der Waals surface area contributed by atoms with E-state index in [0.29, 0.717) is 16.7 Å². The second-order valence-electron chi connectivity index (χ2n) is 5.32. The van der Waals surface area contributed by atoms with Gasteiger partial charge in [-0.05, 0) is 30.7 Å². The van der Waals surface area contributed by atoms with Crippen LogP contribution in [0.25, 0.3) is 0 Å². The van der Waals surface area contributed by atoms with Gasteiger partial charge in [-0.15, -0.1) is 6.42 Å². The fraction of sp³-hybridized carbons (Fsp3) is 0.176. The van der Waals surface area contributed by atoms with E-state index in [1.165, 1.54) is 29.4 Å². The molecule has 2 aromatic rings. The molecule has 0 aliphatic heterocycles. The first kappa shape index (κ1) is 17.7. The predicted molar refractivity (Wildman–Crippen MR) is 90.5 cm³/mol. The molecule has 1 unspecified atom stereocenters. The Labute approximate surface area is 141 Å². The molecule has 0 fully saturated rings. The molecular weight excluding hydrogens is 326 g/mol. The minimum Gasteiger partial charge on any atom is -0.335 e. The summed E-state index contributed by atoms with van der Waals surface area (Å²) in [6.07, 6.45) is 8.25. The summed E-state index contributed by atoms with van der Waals surface area (Å²) in [6.45, 7) is 1.79. The largest absolute Gasteiger partial charge is 0.335 e. The van der Waals surface area contributed by atoms with Crippen LogP contribution in [0.15, 0.2) is 47.6 Å². The molecule has 0 spiro atoms. The predicted octanol–water partition coefficient (Wildman–Crippen LogP) is 1.54. The number of pyridine rings is 1. The van der Waals surface area contributed by atoms with Crippen molar-refractivity contribution in [1.82, 2.24) is 9.88 Å². The standard InChI is InChI=1S/C17H17N3O3S/c1-4-13-8-15(11-19-10-13)17(21)20(3)12(2)14-6-5-7-16(9-14)24(18,22)23/h1,5-12H,2-3H3,(H2,18,22,23). The van der Waals surface area contributed by atoms with Crippen molar-refractivity contribution in [2.45, 2.75) is 17.9 Å². The Hall–Kier alpha value is -2.69. The molecule has 0 aliphatic carbocycles. The summed E-state index contributed by atoms with van der Waals surface area (Å²) in [5, 5.41) is 5.15. The summed E-state index contributed by atoms with van der Waals surface area (Å²) < 4.78 is 22.9. The zero-order valence-electron chi connectivity index (χ0n) is 13.3. The number of benzene rings is 1. The molecule has 0 radical (unpaired) electrons. The molecule has 0 saturated carbocycles. The smallest absolute Gasteiger partial charge is 0.255 e. The van der Waals surface area contributed by atoms with E-state index in [2.05, 4.69) is 10.9 Å². The van der Waals surface area contributed by atoms with Crippen LogP contribution in [0.4, 0.5) is 0 Å². The Morgan fingerprint density at radius 3 is 2.67 bits per heavy atom. The monoisotopic (exact) mass is 343 g/mol. The van der Waals surface area contributed by atoms with Gasteiger partial charge < -0.3 is 4.90 Å². The number of primary sulfonamides is 1. The molecule has 1 aromatic carbocycles. The van der Waals surface area contributed by atoms with Crippen molar-refractivity contribution in [3.05, 3.63) is 59.4 Å². The average molecular weight is 343 g/mol. The fourth-order valence-corrected chi connectivity index (χ4v) is 2.76. The first-order chi connectivity index (χ1) is 11.2. The van der Waals surface area contributed by atoms with Crippen molar-refractivity contribution in [3.8, 4) is 12.3 Å². The van der Waals surface area contributed by atoms with Gasteiger partial charge in [-0.3, -0.25) is 9.78 Å². The van der Waals surface area contributed by atoms with Crippen LogP contribution in [0.1, 0.15) is 34.5 Å². The van der Waals surface area contributed by atoms with Crippen LogP contribution in [-0.2, 0) is 10.0 Å². The zero-order valence-corrected chi connectivity index (χ0v) is 14.1. The molecule has 6 nitrogen and oxygen atoms in total. The third kappa shape index (κ3) is 3.79. The molecule has 24 heavy (non-hydrogen) atoms. The van der Waals surface area contributed by atoms with Crippen molar-refractivity contribution >= 4 is 15.9 Å². The quantitative estimate of drug-likeness (QED) is 0.852. The molecule has 0 saturated heterocycles. The minimum absolute atomic E-state index is 0.00342. The van der Waals surface area contributed by atoms with E-state index in [0.717, 1.165) is 0 Å². The summed E-state index contributed by atoms with van der Waals surface area (Å²) in [5.41, 5.74) is 1.53. The average Bonchev–Trinajstić information content (AvgIpc) is 2.59. The Morgan fingerprint density at radius 2 is 2.04 bits per heavy atom. The lowest BCUT2D eigenvalue weighted by Crippen LogP contribution is -2.30. The van der Waals surface area contributed by atoms with E-state index in [1.54, 1.807) is 32.2 Å². The van der Waals surface area contributed by atoms with Gasteiger partial charge in [0, 0.05) is 25.0 Å². The molecule has 2 N–H and O–H groups in total. The second kappa shape index (κ2) is 6.83. The van der Waals surface area contributed by atoms with Crippen molar-refractivity contribution < 1.29 is 13.2 Å². The van der Waals surface area contributed by atoms with Crippen molar-refractivity contribution in [2.75, 3.05) is 7.05 Å². The summed E-state index contributed by atoms with van der Waals surface area (Å²) in [5.74, 6) is 2.16. The number of nitrogens with zero attached hydrogens (tertiary/aromatic N) is 2. The number of aromatic nitrogens is 1. The van der Waals surface area contributed by atoms with Crippen molar-refractivity contribution in [3.63, 3.8) is 0 Å². The number of rotatable bonds is 4. The third-order valence-electron chi connectivity index (χ3n) is 3.72. The minimum atomic E-state index is -3.80. The molecule has 0 bridgehead atoms. The molecule has 1 atom stereocenters. The molecular formula is C17H17N3O3S. The molecule has 0 aliphatic rings. The summed E-state index contributed by atoms with van der Waals surface area (Å²) in [4.78, 5) is 18.0. The summed E-state index contributed by atoms with van der Waals surface area (Å²) >= 11 is 0. The van der Waals surface area contributed by atoms with Gasteiger partial charge in [-0.2, -0.15) is 0 Å². The van der Waals surface area contributed by atoms with Crippen LogP contribution in [0.5, 0.6) is 0 Å². The van der Waals surface area contributed by atoms with Crippen LogP contribution < -0.4 is 5.14 Å². The van der Waals surface area contributed by atoms with Gasteiger partial charge in [0.05, 0.1) is 16.5 Å². The Balaban J connectivity index is 2.30. The maximum Gasteiger partial charge on any atom is 0.255 e. The molecule has 1 heterocycles. The van der Waals surface area contributed by atoms with Gasteiger partial charge >= 0.3 is 0 Å². The highest BCUT2D eigenvalue weighted by Crippen LogP contribution is 2.23. The number of carbonyl (C=O) groups is 1. The van der Waals surface area contributed by atoms with E-state index in [1.807, 2.05) is 0 Å². The van der Waals surface area contributed by atoms with Gasteiger partial charge in [0.15, 0.2) is 0 Å². The van der Waals surface area contributed by atoms with E-state index in [4.69, 9.17) is 11.6 Å². The Morgan fingerprint density at radius 1 is 1.33 bits per heavy atom. The van der Waals surface area contributed by atoms with E-state index >= 15 is 0 Å². The molecule has 2 rings (SSSR count). The van der Waals surface area contributed by atoms with Crippen LogP contribution >= 0.6 is 0 Å². The topological polar surface area (TPSA) is 93.4 Å². The van der Waals surface area contributed by atoms with E-state index in [-0.39, 0.29) is 16.8 Å². The van der Waals surface area contributed by atoms with Crippen LogP contribution in [-0.4, -0.2) is 31.3 Å². The van der Waals surface area contributed by atoms with E-state index < -0.39 is 10.0 Å². The molecule has 124 valence electrons. The van der Waals surface area contributed by atoms with Crippen molar-refractivity contribution in [1.29, 1.82) is 0 Å². The molecule has 1 amide bonds. The fourth-order valence-electron chi connectivity index (χ4n) is 2.19. The lowest BCUT2D eigenvalue weighted by atomic mass is 10.1. The number of carbonyl (C=O) groups excluding carboxylic acids is 1. The lowest BCUT2D eigenvalue weighted by Gasteiger charge is -2.25. The number of amides is 1. The van der Waals surface area contributed by atoms with Gasteiger partial charge in [-0.1, -0.05) is 18.1 Å². The second-order valence-corrected chi connectivity index (χ2v) is 6.88. The van der Waals surface area contributed by atoms with Gasteiger partial charge in [0.2, 0.25) is 10.0 Å². The SMILES string of the molecule is C#Cc1cncc(C(=O)N(C)C(C)c2cccc(S(N)(=O)=O)c2)c1. The normalized spacial score (nSPS) is 12.2. The number of sulfonamides is 1. The number of hydrogen-bond acceptors (Lipinski definition) is 4. The van der Waals surface area contributed by atoms with Crippen molar-refractivity contribution in [2.24, 2.45) is 5.14 Å². The highest BCUT2D eigenvalue weighted by Gasteiger charge is 2.20. The van der Waals surface area contributed by atoms with Gasteiger partial charge in [-0.25, -0.2) is 13.6 Å². The number of terminal acetylenes is 1. The van der Waals surface area contributed by atoms with Crippen LogP contribution in [0, 0.1) is 12.3 Å². The summed E-state index contributed by atoms with van der Waals surface area (Å²) in [7, 11) is -2.18. The summed E-state index contributed by atoms with van der Waals surface area (Å²) in [6, 6.07) is 7.41. The Kier molecular flexibility index (Phi) is 5.02. The highest BCUT2D eigenvalue weighted by molar-refractivity contribution is 7.89. The zero-order chi connectivity index (χ0) is 17.9. The lowest BCUT2D eigenvalue weighted by molar-refractivity contribution is 0.0742. The van der Waals surface area contributed by atoms with Gasteiger partial charge in [0.25, 0.3) is 5.91 Å². The maximum atomic E-state index is 12.6. The Bertz CT molecular complexity index is 917. The highest BCUT2D eigenvalue weighted by atomic mass is 32.2. The third-order valence-corrected chi connectivity index (χ3v) is 4.63. The van der Waals surface area contributed by atoms with E-state index in [9.17, 15) is 13.2 Å². The first-order valence-corrected chi connectivity index (χ1v) is 8.60. The first-order valence-electron chi connectivity index (χ1n) is 7.05. The number of nitrogens with two attached hydrogens (primary N) is 1. The molecule has 1 aromatic heterocycles. The van der Waals surface area contributed by atoms with Crippen LogP contribution in [0.3, 0.4) is 0 Å². The van der Waals surface area contributed by atoms with Crippen LogP contribution in [0.2, 0.25) is 0 Å². The van der Waals surface area contributed by atoms with Gasteiger partial charge in [0.1, 0.15) is 0 Å².